The van der Waals surface area contributed by atoms with Gasteiger partial charge in [0, 0.05) is 29.6 Å². The quantitative estimate of drug-likeness (QED) is 0.775. The first-order valence-electron chi connectivity index (χ1n) is 10.3. The van der Waals surface area contributed by atoms with Gasteiger partial charge in [0.1, 0.15) is 0 Å². The number of aromatic amines is 1. The summed E-state index contributed by atoms with van der Waals surface area (Å²) in [5.74, 6) is 0.208. The summed E-state index contributed by atoms with van der Waals surface area (Å²) in [6, 6.07) is 7.82. The van der Waals surface area contributed by atoms with E-state index >= 15 is 0 Å². The van der Waals surface area contributed by atoms with Gasteiger partial charge in [-0.2, -0.15) is 0 Å². The van der Waals surface area contributed by atoms with Crippen LogP contribution in [0.15, 0.2) is 30.5 Å². The number of piperidine rings is 1. The molecule has 2 aliphatic rings. The summed E-state index contributed by atoms with van der Waals surface area (Å²) in [6.07, 6.45) is 7.45. The van der Waals surface area contributed by atoms with Crippen LogP contribution >= 0.6 is 0 Å². The van der Waals surface area contributed by atoms with Crippen molar-refractivity contribution in [3.63, 3.8) is 0 Å². The molecule has 2 N–H and O–H groups in total. The molecule has 1 aromatic carbocycles. The Bertz CT molecular complexity index is 931. The fourth-order valence-corrected chi connectivity index (χ4v) is 6.59. The van der Waals surface area contributed by atoms with Gasteiger partial charge in [0.25, 0.3) is 0 Å². The van der Waals surface area contributed by atoms with E-state index in [1.807, 2.05) is 24.4 Å². The summed E-state index contributed by atoms with van der Waals surface area (Å²) in [5, 5.41) is 4.24. The highest BCUT2D eigenvalue weighted by atomic mass is 32.2. The third kappa shape index (κ3) is 4.41. The second kappa shape index (κ2) is 8.25. The Hall–Kier alpha value is -1.86. The van der Waals surface area contributed by atoms with Gasteiger partial charge in [0.05, 0.1) is 17.5 Å². The monoisotopic (exact) mass is 403 g/mol. The summed E-state index contributed by atoms with van der Waals surface area (Å²) >= 11 is 0. The first-order chi connectivity index (χ1) is 13.5. The molecule has 2 saturated heterocycles. The highest BCUT2D eigenvalue weighted by molar-refractivity contribution is 7.91. The Kier molecular flexibility index (Phi) is 5.73. The molecular formula is C21H29N3O3S. The van der Waals surface area contributed by atoms with E-state index < -0.39 is 9.84 Å². The molecule has 2 aromatic rings. The van der Waals surface area contributed by atoms with Crippen molar-refractivity contribution in [2.24, 2.45) is 0 Å². The summed E-state index contributed by atoms with van der Waals surface area (Å²) in [4.78, 5) is 18.0. The smallest absolute Gasteiger partial charge is 0.220 e. The lowest BCUT2D eigenvalue weighted by Crippen LogP contribution is -2.52. The SMILES string of the molecule is O=C(CCCc1c[nH]c2ccccc12)NC1CS(=O)(=O)CC1N1CCCCC1. The largest absolute Gasteiger partial charge is 0.361 e. The summed E-state index contributed by atoms with van der Waals surface area (Å²) in [7, 11) is -3.08. The Morgan fingerprint density at radius 3 is 2.75 bits per heavy atom. The van der Waals surface area contributed by atoms with Crippen LogP contribution in [0.5, 0.6) is 0 Å². The standard InChI is InChI=1S/C21H29N3O3S/c25-21(10-6-7-16-13-22-18-9-3-2-8-17(16)18)23-19-14-28(26,27)15-20(19)24-11-4-1-5-12-24/h2-3,8-9,13,19-20,22H,1,4-7,10-12,14-15H2,(H,23,25). The third-order valence-corrected chi connectivity index (χ3v) is 7.77. The van der Waals surface area contributed by atoms with Gasteiger partial charge in [-0.15, -0.1) is 0 Å². The first kappa shape index (κ1) is 19.5. The molecule has 0 radical (unpaired) electrons. The highest BCUT2D eigenvalue weighted by Crippen LogP contribution is 2.23. The van der Waals surface area contributed by atoms with E-state index in [1.54, 1.807) is 0 Å². The first-order valence-corrected chi connectivity index (χ1v) is 12.1. The molecule has 0 aliphatic carbocycles. The molecule has 3 heterocycles. The molecule has 6 nitrogen and oxygen atoms in total. The number of hydrogen-bond donors (Lipinski definition) is 2. The second-order valence-corrected chi connectivity index (χ2v) is 10.3. The van der Waals surface area contributed by atoms with Crippen molar-refractivity contribution in [1.29, 1.82) is 0 Å². The van der Waals surface area contributed by atoms with Gasteiger partial charge < -0.3 is 10.3 Å². The number of rotatable bonds is 6. The van der Waals surface area contributed by atoms with Crippen LogP contribution in [0.4, 0.5) is 0 Å². The number of likely N-dealkylation sites (tertiary alicyclic amines) is 1. The van der Waals surface area contributed by atoms with Crippen LogP contribution in [0.3, 0.4) is 0 Å². The van der Waals surface area contributed by atoms with Crippen LogP contribution in [0.1, 0.15) is 37.7 Å². The number of nitrogens with one attached hydrogen (secondary N) is 2. The zero-order valence-corrected chi connectivity index (χ0v) is 17.0. The fraction of sp³-hybridized carbons (Fsp3) is 0.571. The molecule has 2 unspecified atom stereocenters. The predicted octanol–water partition coefficient (Wildman–Crippen LogP) is 2.26. The maximum Gasteiger partial charge on any atom is 0.220 e. The maximum atomic E-state index is 12.5. The van der Waals surface area contributed by atoms with Gasteiger partial charge in [-0.1, -0.05) is 24.6 Å². The molecule has 1 amide bonds. The van der Waals surface area contributed by atoms with Crippen molar-refractivity contribution in [2.75, 3.05) is 24.6 Å². The number of aromatic nitrogens is 1. The normalized spacial score (nSPS) is 25.1. The van der Waals surface area contributed by atoms with Gasteiger partial charge in [-0.05, 0) is 50.4 Å². The number of H-pyrrole nitrogens is 1. The van der Waals surface area contributed by atoms with Crippen LogP contribution in [0, 0.1) is 0 Å². The number of sulfone groups is 1. The molecule has 0 saturated carbocycles. The lowest BCUT2D eigenvalue weighted by molar-refractivity contribution is -0.122. The fourth-order valence-electron chi connectivity index (χ4n) is 4.63. The van der Waals surface area contributed by atoms with Gasteiger partial charge in [0.2, 0.25) is 5.91 Å². The summed E-state index contributed by atoms with van der Waals surface area (Å²) < 4.78 is 24.4. The van der Waals surface area contributed by atoms with Crippen LogP contribution in [-0.2, 0) is 21.1 Å². The average molecular weight is 404 g/mol. The van der Waals surface area contributed by atoms with E-state index in [1.165, 1.54) is 17.4 Å². The molecule has 152 valence electrons. The summed E-state index contributed by atoms with van der Waals surface area (Å²) in [6.45, 7) is 1.88. The van der Waals surface area contributed by atoms with Crippen LogP contribution < -0.4 is 5.32 Å². The van der Waals surface area contributed by atoms with Gasteiger partial charge in [-0.25, -0.2) is 8.42 Å². The Morgan fingerprint density at radius 2 is 1.93 bits per heavy atom. The van der Waals surface area contributed by atoms with Crippen molar-refractivity contribution in [3.8, 4) is 0 Å². The number of fused-ring (bicyclic) bond motifs is 1. The van der Waals surface area contributed by atoms with Gasteiger partial charge in [-0.3, -0.25) is 9.69 Å². The van der Waals surface area contributed by atoms with E-state index in [-0.39, 0.29) is 29.5 Å². The minimum absolute atomic E-state index is 0.0380. The Morgan fingerprint density at radius 1 is 1.14 bits per heavy atom. The molecule has 2 fully saturated rings. The molecule has 1 aromatic heterocycles. The van der Waals surface area contributed by atoms with E-state index in [9.17, 15) is 13.2 Å². The lowest BCUT2D eigenvalue weighted by atomic mass is 10.0. The summed E-state index contributed by atoms with van der Waals surface area (Å²) in [5.41, 5.74) is 2.33. The average Bonchev–Trinajstić information content (AvgIpc) is 3.23. The van der Waals surface area contributed by atoms with Crippen LogP contribution in [0.2, 0.25) is 0 Å². The highest BCUT2D eigenvalue weighted by Gasteiger charge is 2.41. The number of aryl methyl sites for hydroxylation is 1. The van der Waals surface area contributed by atoms with Crippen molar-refractivity contribution in [3.05, 3.63) is 36.0 Å². The number of amides is 1. The zero-order chi connectivity index (χ0) is 19.6. The molecule has 2 aliphatic heterocycles. The number of carbonyl (C=O) groups excluding carboxylic acids is 1. The lowest BCUT2D eigenvalue weighted by Gasteiger charge is -2.35. The molecule has 4 rings (SSSR count). The zero-order valence-electron chi connectivity index (χ0n) is 16.2. The minimum Gasteiger partial charge on any atom is -0.361 e. The molecule has 7 heteroatoms. The Balaban J connectivity index is 1.32. The van der Waals surface area contributed by atoms with E-state index in [0.717, 1.165) is 44.3 Å². The molecule has 28 heavy (non-hydrogen) atoms. The van der Waals surface area contributed by atoms with E-state index in [0.29, 0.717) is 6.42 Å². The van der Waals surface area contributed by atoms with Crippen molar-refractivity contribution >= 4 is 26.6 Å². The van der Waals surface area contributed by atoms with Crippen LogP contribution in [-0.4, -0.2) is 60.9 Å². The maximum absolute atomic E-state index is 12.5. The van der Waals surface area contributed by atoms with Crippen molar-refractivity contribution in [1.82, 2.24) is 15.2 Å². The van der Waals surface area contributed by atoms with Crippen molar-refractivity contribution < 1.29 is 13.2 Å². The molecule has 0 spiro atoms. The van der Waals surface area contributed by atoms with Gasteiger partial charge >= 0.3 is 0 Å². The van der Waals surface area contributed by atoms with Crippen LogP contribution in [0.25, 0.3) is 10.9 Å². The van der Waals surface area contributed by atoms with E-state index in [4.69, 9.17) is 0 Å². The second-order valence-electron chi connectivity index (χ2n) is 8.13. The number of carbonyl (C=O) groups is 1. The topological polar surface area (TPSA) is 82.3 Å². The minimum atomic E-state index is -3.08. The number of hydrogen-bond acceptors (Lipinski definition) is 4. The molecular weight excluding hydrogens is 374 g/mol. The third-order valence-electron chi connectivity index (χ3n) is 6.05. The number of nitrogens with zero attached hydrogens (tertiary/aromatic N) is 1. The van der Waals surface area contributed by atoms with E-state index in [2.05, 4.69) is 21.3 Å². The Labute approximate surface area is 166 Å². The van der Waals surface area contributed by atoms with Gasteiger partial charge in [0.15, 0.2) is 9.84 Å². The van der Waals surface area contributed by atoms with Crippen molar-refractivity contribution in [2.45, 2.75) is 50.6 Å². The number of para-hydroxylation sites is 1. The number of benzene rings is 1. The predicted molar refractivity (Wildman–Crippen MR) is 111 cm³/mol. The molecule has 2 atom stereocenters. The molecule has 0 bridgehead atoms.